The zero-order chi connectivity index (χ0) is 16.1. The van der Waals surface area contributed by atoms with Crippen LogP contribution in [0.1, 0.15) is 0 Å². The van der Waals surface area contributed by atoms with Gasteiger partial charge in [-0.2, -0.15) is 0 Å². The molecular formula is C20H12IN3. The standard InChI is InChI=1S/C20H12IN3/c21-18-10-9-17(15-7-3-4-8-16(15)18)20-23-22-19-14-6-2-1-5-13(14)11-12-24(19)20/h1-12H. The largest absolute Gasteiger partial charge is 0.282 e. The lowest BCUT2D eigenvalue weighted by Crippen LogP contribution is -1.92. The number of nitrogens with zero attached hydrogens (tertiary/aromatic N) is 3. The van der Waals surface area contributed by atoms with Crippen molar-refractivity contribution in [2.75, 3.05) is 0 Å². The summed E-state index contributed by atoms with van der Waals surface area (Å²) in [7, 11) is 0. The molecular weight excluding hydrogens is 409 g/mol. The van der Waals surface area contributed by atoms with Gasteiger partial charge in [0.25, 0.3) is 0 Å². The fourth-order valence-corrected chi connectivity index (χ4v) is 3.91. The first kappa shape index (κ1) is 13.9. The average Bonchev–Trinajstić information content (AvgIpc) is 3.07. The summed E-state index contributed by atoms with van der Waals surface area (Å²) in [6.07, 6.45) is 2.06. The van der Waals surface area contributed by atoms with E-state index in [-0.39, 0.29) is 0 Å². The first-order valence-electron chi connectivity index (χ1n) is 7.73. The van der Waals surface area contributed by atoms with Crippen LogP contribution >= 0.6 is 22.6 Å². The molecule has 0 spiro atoms. The third kappa shape index (κ3) is 1.96. The second-order valence-electron chi connectivity index (χ2n) is 5.76. The lowest BCUT2D eigenvalue weighted by molar-refractivity contribution is 1.11. The molecule has 5 rings (SSSR count). The van der Waals surface area contributed by atoms with Gasteiger partial charge in [-0.25, -0.2) is 0 Å². The predicted octanol–water partition coefficient (Wildman–Crippen LogP) is 5.31. The number of benzene rings is 3. The van der Waals surface area contributed by atoms with Crippen molar-refractivity contribution >= 4 is 49.8 Å². The van der Waals surface area contributed by atoms with Gasteiger partial charge < -0.3 is 0 Å². The topological polar surface area (TPSA) is 30.2 Å². The first-order chi connectivity index (χ1) is 11.8. The molecule has 0 radical (unpaired) electrons. The summed E-state index contributed by atoms with van der Waals surface area (Å²) in [5.74, 6) is 0.878. The van der Waals surface area contributed by atoms with Crippen LogP contribution in [-0.4, -0.2) is 14.6 Å². The third-order valence-corrected chi connectivity index (χ3v) is 5.35. The van der Waals surface area contributed by atoms with E-state index in [0.29, 0.717) is 0 Å². The third-order valence-electron chi connectivity index (χ3n) is 4.41. The Morgan fingerprint density at radius 1 is 0.708 bits per heavy atom. The molecule has 5 aromatic rings. The van der Waals surface area contributed by atoms with Crippen LogP contribution in [0, 0.1) is 3.57 Å². The fourth-order valence-electron chi connectivity index (χ4n) is 3.26. The monoisotopic (exact) mass is 421 g/mol. The Balaban J connectivity index is 1.88. The van der Waals surface area contributed by atoms with Crippen LogP contribution in [0.4, 0.5) is 0 Å². The second-order valence-corrected chi connectivity index (χ2v) is 6.92. The Morgan fingerprint density at radius 3 is 2.33 bits per heavy atom. The molecule has 0 saturated carbocycles. The number of fused-ring (bicyclic) bond motifs is 4. The lowest BCUT2D eigenvalue weighted by Gasteiger charge is -2.07. The minimum Gasteiger partial charge on any atom is -0.282 e. The maximum absolute atomic E-state index is 4.51. The van der Waals surface area contributed by atoms with Crippen molar-refractivity contribution in [1.82, 2.24) is 14.6 Å². The van der Waals surface area contributed by atoms with E-state index in [2.05, 4.69) is 98.0 Å². The minimum atomic E-state index is 0.878. The number of rotatable bonds is 1. The fraction of sp³-hybridized carbons (Fsp3) is 0. The van der Waals surface area contributed by atoms with E-state index in [0.717, 1.165) is 22.4 Å². The SMILES string of the molecule is Ic1ccc(-c2nnc3c4ccccc4ccn23)c2ccccc12. The van der Waals surface area contributed by atoms with Crippen molar-refractivity contribution in [3.63, 3.8) is 0 Å². The van der Waals surface area contributed by atoms with Gasteiger partial charge in [0.15, 0.2) is 11.5 Å². The molecule has 0 aliphatic rings. The Labute approximate surface area is 152 Å². The van der Waals surface area contributed by atoms with Gasteiger partial charge in [0.05, 0.1) is 0 Å². The highest BCUT2D eigenvalue weighted by molar-refractivity contribution is 14.1. The summed E-state index contributed by atoms with van der Waals surface area (Å²) in [5, 5.41) is 13.7. The van der Waals surface area contributed by atoms with Gasteiger partial charge in [0.1, 0.15) is 0 Å². The maximum atomic E-state index is 4.51. The van der Waals surface area contributed by atoms with Gasteiger partial charge in [0.2, 0.25) is 0 Å². The summed E-state index contributed by atoms with van der Waals surface area (Å²) in [6.45, 7) is 0. The molecule has 0 N–H and O–H groups in total. The predicted molar refractivity (Wildman–Crippen MR) is 106 cm³/mol. The molecule has 24 heavy (non-hydrogen) atoms. The summed E-state index contributed by atoms with van der Waals surface area (Å²) in [6, 6.07) is 23.1. The van der Waals surface area contributed by atoms with Gasteiger partial charge in [-0.05, 0) is 56.9 Å². The quantitative estimate of drug-likeness (QED) is 0.344. The van der Waals surface area contributed by atoms with Gasteiger partial charge in [-0.15, -0.1) is 10.2 Å². The van der Waals surface area contributed by atoms with Crippen molar-refractivity contribution in [3.05, 3.63) is 76.5 Å². The molecule has 0 amide bonds. The molecule has 0 aliphatic heterocycles. The summed E-state index contributed by atoms with van der Waals surface area (Å²) < 4.78 is 3.32. The van der Waals surface area contributed by atoms with Crippen LogP contribution in [-0.2, 0) is 0 Å². The lowest BCUT2D eigenvalue weighted by atomic mass is 10.0. The number of aromatic nitrogens is 3. The summed E-state index contributed by atoms with van der Waals surface area (Å²) in [5.41, 5.74) is 2.00. The van der Waals surface area contributed by atoms with Gasteiger partial charge in [-0.3, -0.25) is 4.40 Å². The van der Waals surface area contributed by atoms with Crippen molar-refractivity contribution in [3.8, 4) is 11.4 Å². The molecule has 3 nitrogen and oxygen atoms in total. The van der Waals surface area contributed by atoms with E-state index in [1.807, 2.05) is 12.1 Å². The highest BCUT2D eigenvalue weighted by atomic mass is 127. The van der Waals surface area contributed by atoms with E-state index in [1.165, 1.54) is 19.7 Å². The molecule has 2 aromatic heterocycles. The van der Waals surface area contributed by atoms with Gasteiger partial charge in [-0.1, -0.05) is 48.5 Å². The van der Waals surface area contributed by atoms with E-state index in [9.17, 15) is 0 Å². The van der Waals surface area contributed by atoms with E-state index >= 15 is 0 Å². The van der Waals surface area contributed by atoms with Crippen LogP contribution in [0.25, 0.3) is 38.6 Å². The van der Waals surface area contributed by atoms with Crippen LogP contribution in [0.2, 0.25) is 0 Å². The Hall–Kier alpha value is -2.47. The molecule has 4 heteroatoms. The number of hydrogen-bond donors (Lipinski definition) is 0. The smallest absolute Gasteiger partial charge is 0.168 e. The summed E-state index contributed by atoms with van der Waals surface area (Å²) in [4.78, 5) is 0. The second kappa shape index (κ2) is 5.27. The average molecular weight is 421 g/mol. The molecule has 0 atom stereocenters. The zero-order valence-electron chi connectivity index (χ0n) is 12.6. The molecule has 114 valence electrons. The normalized spacial score (nSPS) is 11.5. The first-order valence-corrected chi connectivity index (χ1v) is 8.81. The molecule has 0 fully saturated rings. The number of hydrogen-bond acceptors (Lipinski definition) is 2. The van der Waals surface area contributed by atoms with Crippen LogP contribution in [0.5, 0.6) is 0 Å². The van der Waals surface area contributed by atoms with Gasteiger partial charge >= 0.3 is 0 Å². The van der Waals surface area contributed by atoms with Crippen molar-refractivity contribution in [2.45, 2.75) is 0 Å². The Kier molecular flexibility index (Phi) is 3.06. The molecule has 3 aromatic carbocycles. The Morgan fingerprint density at radius 2 is 1.46 bits per heavy atom. The molecule has 0 bridgehead atoms. The van der Waals surface area contributed by atoms with Crippen LogP contribution in [0.15, 0.2) is 72.9 Å². The van der Waals surface area contributed by atoms with Crippen molar-refractivity contribution in [2.24, 2.45) is 0 Å². The van der Waals surface area contributed by atoms with Gasteiger partial charge in [0, 0.05) is 20.7 Å². The highest BCUT2D eigenvalue weighted by Crippen LogP contribution is 2.31. The zero-order valence-corrected chi connectivity index (χ0v) is 14.8. The highest BCUT2D eigenvalue weighted by Gasteiger charge is 2.13. The maximum Gasteiger partial charge on any atom is 0.168 e. The van der Waals surface area contributed by atoms with Crippen LogP contribution < -0.4 is 0 Å². The molecule has 0 saturated heterocycles. The van der Waals surface area contributed by atoms with E-state index < -0.39 is 0 Å². The van der Waals surface area contributed by atoms with Crippen molar-refractivity contribution in [1.29, 1.82) is 0 Å². The molecule has 0 aliphatic carbocycles. The minimum absolute atomic E-state index is 0.878. The molecule has 0 unspecified atom stereocenters. The summed E-state index contributed by atoms with van der Waals surface area (Å²) >= 11 is 2.38. The Bertz CT molecular complexity index is 1220. The van der Waals surface area contributed by atoms with Crippen molar-refractivity contribution < 1.29 is 0 Å². The number of halogens is 1. The van der Waals surface area contributed by atoms with E-state index in [4.69, 9.17) is 0 Å². The molecule has 2 heterocycles. The number of pyridine rings is 1. The van der Waals surface area contributed by atoms with E-state index in [1.54, 1.807) is 0 Å². The van der Waals surface area contributed by atoms with Crippen LogP contribution in [0.3, 0.4) is 0 Å².